The summed E-state index contributed by atoms with van der Waals surface area (Å²) in [6.07, 6.45) is 0.954. The summed E-state index contributed by atoms with van der Waals surface area (Å²) in [6.45, 7) is 0. The fourth-order valence-corrected chi connectivity index (χ4v) is 1.54. The number of carbonyl (C=O) groups is 1. The van der Waals surface area contributed by atoms with Crippen molar-refractivity contribution in [3.8, 4) is 0 Å². The van der Waals surface area contributed by atoms with Crippen molar-refractivity contribution in [3.63, 3.8) is 0 Å². The van der Waals surface area contributed by atoms with E-state index in [2.05, 4.69) is 0 Å². The molecule has 1 aromatic carbocycles. The van der Waals surface area contributed by atoms with Crippen LogP contribution < -0.4 is 0 Å². The van der Waals surface area contributed by atoms with Crippen LogP contribution in [-0.4, -0.2) is 21.3 Å². The molecule has 0 spiro atoms. The van der Waals surface area contributed by atoms with E-state index in [1.165, 1.54) is 6.26 Å². The van der Waals surface area contributed by atoms with E-state index < -0.39 is 17.8 Å². The number of carboxylic acids is 1. The number of aliphatic carboxylic acids is 1. The molecule has 0 amide bonds. The van der Waals surface area contributed by atoms with Gasteiger partial charge in [0.25, 0.3) is 0 Å². The lowest BCUT2D eigenvalue weighted by Crippen LogP contribution is -2.02. The van der Waals surface area contributed by atoms with E-state index in [1.807, 2.05) is 0 Å². The third kappa shape index (κ3) is 2.14. The van der Waals surface area contributed by atoms with Gasteiger partial charge in [-0.25, -0.2) is 4.79 Å². The van der Waals surface area contributed by atoms with E-state index in [9.17, 15) is 9.90 Å². The Morgan fingerprint density at radius 1 is 1.29 bits per heavy atom. The number of benzene rings is 1. The number of rotatable bonds is 3. The minimum atomic E-state index is -1.49. The first-order chi connectivity index (χ1) is 8.09. The van der Waals surface area contributed by atoms with Crippen LogP contribution in [0.5, 0.6) is 0 Å². The zero-order valence-corrected chi connectivity index (χ0v) is 8.70. The average Bonchev–Trinajstić information content (AvgIpc) is 2.72. The second-order valence-corrected chi connectivity index (χ2v) is 3.49. The molecule has 17 heavy (non-hydrogen) atoms. The molecule has 0 saturated heterocycles. The summed E-state index contributed by atoms with van der Waals surface area (Å²) in [5, 5.41) is 28.0. The lowest BCUT2D eigenvalue weighted by Gasteiger charge is -2.03. The first-order valence-electron chi connectivity index (χ1n) is 4.88. The molecule has 0 saturated carbocycles. The van der Waals surface area contributed by atoms with Crippen LogP contribution >= 0.6 is 0 Å². The normalized spacial score (nSPS) is 13.8. The Kier molecular flexibility index (Phi) is 2.84. The quantitative estimate of drug-likeness (QED) is 0.558. The Morgan fingerprint density at radius 3 is 2.71 bits per heavy atom. The summed E-state index contributed by atoms with van der Waals surface area (Å²) in [5.74, 6) is -2.39. The highest BCUT2D eigenvalue weighted by molar-refractivity contribution is 5.85. The van der Waals surface area contributed by atoms with Gasteiger partial charge >= 0.3 is 5.97 Å². The molecular weight excluding hydrogens is 224 g/mol. The fraction of sp³-hybridized carbons (Fsp3) is 0.0833. The zero-order valence-electron chi connectivity index (χ0n) is 8.70. The molecule has 0 radical (unpaired) electrons. The summed E-state index contributed by atoms with van der Waals surface area (Å²) in [6, 6.07) is 7.02. The van der Waals surface area contributed by atoms with Crippen LogP contribution in [0, 0.1) is 0 Å². The Balaban J connectivity index is 2.40. The van der Waals surface area contributed by atoms with E-state index in [1.54, 1.807) is 24.3 Å². The van der Waals surface area contributed by atoms with E-state index >= 15 is 0 Å². The fourth-order valence-electron chi connectivity index (χ4n) is 1.54. The number of hydrogen-bond donors (Lipinski definition) is 3. The molecule has 1 aromatic heterocycles. The van der Waals surface area contributed by atoms with Crippen LogP contribution in [0.15, 0.2) is 46.8 Å². The Morgan fingerprint density at radius 2 is 2.00 bits per heavy atom. The molecule has 0 aliphatic heterocycles. The number of aliphatic hydroxyl groups excluding tert-OH is 2. The standard InChI is InChI=1S/C12H10O5/c13-9(5-10(14)12(15)16)8-6-17-11-4-2-1-3-7(8)11/h1-6,9,13-14H,(H,15,16)/b10-5+. The third-order valence-electron chi connectivity index (χ3n) is 2.36. The van der Waals surface area contributed by atoms with Crippen LogP contribution in [0.1, 0.15) is 11.7 Å². The van der Waals surface area contributed by atoms with Crippen LogP contribution in [-0.2, 0) is 4.79 Å². The van der Waals surface area contributed by atoms with Gasteiger partial charge in [-0.3, -0.25) is 0 Å². The van der Waals surface area contributed by atoms with Crippen molar-refractivity contribution < 1.29 is 24.5 Å². The highest BCUT2D eigenvalue weighted by atomic mass is 16.4. The number of para-hydroxylation sites is 1. The lowest BCUT2D eigenvalue weighted by molar-refractivity contribution is -0.135. The summed E-state index contributed by atoms with van der Waals surface area (Å²) >= 11 is 0. The van der Waals surface area contributed by atoms with E-state index in [4.69, 9.17) is 14.6 Å². The minimum absolute atomic E-state index is 0.411. The molecule has 0 bridgehead atoms. The number of furan rings is 1. The molecular formula is C12H10O5. The maximum absolute atomic E-state index is 10.4. The number of hydrogen-bond acceptors (Lipinski definition) is 4. The highest BCUT2D eigenvalue weighted by Crippen LogP contribution is 2.27. The van der Waals surface area contributed by atoms with E-state index in [0.29, 0.717) is 16.5 Å². The first-order valence-corrected chi connectivity index (χ1v) is 4.88. The van der Waals surface area contributed by atoms with Gasteiger partial charge in [0.15, 0.2) is 0 Å². The van der Waals surface area contributed by atoms with Crippen molar-refractivity contribution >= 4 is 16.9 Å². The van der Waals surface area contributed by atoms with Crippen molar-refractivity contribution in [2.75, 3.05) is 0 Å². The van der Waals surface area contributed by atoms with Crippen LogP contribution in [0.25, 0.3) is 11.0 Å². The van der Waals surface area contributed by atoms with Crippen molar-refractivity contribution in [1.82, 2.24) is 0 Å². The third-order valence-corrected chi connectivity index (χ3v) is 2.36. The molecule has 0 fully saturated rings. The predicted molar refractivity (Wildman–Crippen MR) is 59.5 cm³/mol. The lowest BCUT2D eigenvalue weighted by atomic mass is 10.1. The minimum Gasteiger partial charge on any atom is -0.502 e. The topological polar surface area (TPSA) is 90.9 Å². The zero-order chi connectivity index (χ0) is 12.4. The molecule has 0 aliphatic carbocycles. The summed E-state index contributed by atoms with van der Waals surface area (Å²) in [5.41, 5.74) is 0.998. The van der Waals surface area contributed by atoms with Gasteiger partial charge < -0.3 is 19.7 Å². The monoisotopic (exact) mass is 234 g/mol. The predicted octanol–water partition coefficient (Wildman–Crippen LogP) is 1.99. The van der Waals surface area contributed by atoms with Gasteiger partial charge in [-0.2, -0.15) is 0 Å². The van der Waals surface area contributed by atoms with Gasteiger partial charge in [-0.05, 0) is 12.1 Å². The summed E-state index contributed by atoms with van der Waals surface area (Å²) < 4.78 is 5.19. The molecule has 2 rings (SSSR count). The van der Waals surface area contributed by atoms with Gasteiger partial charge in [0.2, 0.25) is 5.76 Å². The molecule has 88 valence electrons. The molecule has 3 N–H and O–H groups in total. The van der Waals surface area contributed by atoms with Gasteiger partial charge in [0.1, 0.15) is 11.7 Å². The molecule has 1 unspecified atom stereocenters. The van der Waals surface area contributed by atoms with Crippen molar-refractivity contribution in [1.29, 1.82) is 0 Å². The van der Waals surface area contributed by atoms with Gasteiger partial charge in [-0.15, -0.1) is 0 Å². The van der Waals surface area contributed by atoms with E-state index in [0.717, 1.165) is 6.08 Å². The largest absolute Gasteiger partial charge is 0.502 e. The maximum atomic E-state index is 10.4. The van der Waals surface area contributed by atoms with Gasteiger partial charge in [0, 0.05) is 10.9 Å². The number of carboxylic acid groups (broad SMARTS) is 1. The molecule has 1 heterocycles. The average molecular weight is 234 g/mol. The SMILES string of the molecule is O=C(O)/C(O)=C\C(O)c1coc2ccccc12. The summed E-state index contributed by atoms with van der Waals surface area (Å²) in [4.78, 5) is 10.4. The molecule has 1 atom stereocenters. The molecule has 5 nitrogen and oxygen atoms in total. The van der Waals surface area contributed by atoms with Crippen LogP contribution in [0.2, 0.25) is 0 Å². The number of aliphatic hydroxyl groups is 2. The van der Waals surface area contributed by atoms with Gasteiger partial charge in [-0.1, -0.05) is 18.2 Å². The second-order valence-electron chi connectivity index (χ2n) is 3.49. The Labute approximate surface area is 96.2 Å². The molecule has 2 aromatic rings. The second kappa shape index (κ2) is 4.31. The van der Waals surface area contributed by atoms with Gasteiger partial charge in [0.05, 0.1) is 6.26 Å². The van der Waals surface area contributed by atoms with Crippen LogP contribution in [0.4, 0.5) is 0 Å². The maximum Gasteiger partial charge on any atom is 0.370 e. The first kappa shape index (κ1) is 11.2. The van der Waals surface area contributed by atoms with Crippen molar-refractivity contribution in [2.45, 2.75) is 6.10 Å². The molecule has 5 heteroatoms. The van der Waals surface area contributed by atoms with Crippen LogP contribution in [0.3, 0.4) is 0 Å². The summed E-state index contributed by atoms with van der Waals surface area (Å²) in [7, 11) is 0. The van der Waals surface area contributed by atoms with E-state index in [-0.39, 0.29) is 0 Å². The van der Waals surface area contributed by atoms with Crippen molar-refractivity contribution in [3.05, 3.63) is 47.9 Å². The Hall–Kier alpha value is -2.27. The van der Waals surface area contributed by atoms with Crippen molar-refractivity contribution in [2.24, 2.45) is 0 Å². The molecule has 0 aliphatic rings. The smallest absolute Gasteiger partial charge is 0.370 e. The number of fused-ring (bicyclic) bond motifs is 1. The Bertz CT molecular complexity index is 581. The highest BCUT2D eigenvalue weighted by Gasteiger charge is 2.15.